The minimum atomic E-state index is -0.349. The average molecular weight is 268 g/mol. The first kappa shape index (κ1) is 13.8. The smallest absolute Gasteiger partial charge is 0.329 e. The molecule has 2 amide bonds. The van der Waals surface area contributed by atoms with Crippen molar-refractivity contribution in [1.82, 2.24) is 15.0 Å². The Morgan fingerprint density at radius 2 is 2.32 bits per heavy atom. The third-order valence-electron chi connectivity index (χ3n) is 2.85. The number of nitrogens with one attached hydrogen (secondary N) is 1. The summed E-state index contributed by atoms with van der Waals surface area (Å²) in [6.45, 7) is 8.86. The summed E-state index contributed by atoms with van der Waals surface area (Å²) in [6, 6.07) is -0.103. The van der Waals surface area contributed by atoms with Gasteiger partial charge >= 0.3 is 12.0 Å². The number of carbonyl (C=O) groups is 1. The van der Waals surface area contributed by atoms with Crippen molar-refractivity contribution >= 4 is 12.0 Å². The van der Waals surface area contributed by atoms with Crippen molar-refractivity contribution in [2.75, 3.05) is 18.4 Å². The van der Waals surface area contributed by atoms with Gasteiger partial charge in [0.1, 0.15) is 0 Å². The van der Waals surface area contributed by atoms with Crippen LogP contribution >= 0.6 is 0 Å². The first-order valence-corrected chi connectivity index (χ1v) is 6.46. The molecule has 1 aromatic rings. The van der Waals surface area contributed by atoms with Gasteiger partial charge in [-0.3, -0.25) is 5.32 Å². The van der Waals surface area contributed by atoms with E-state index in [1.165, 1.54) is 0 Å². The SMILES string of the molecule is CCc1noc(NC(=O)N2CC(C)OC(C)(C)C2)n1. The number of ether oxygens (including phenoxy) is 1. The lowest BCUT2D eigenvalue weighted by Crippen LogP contribution is -2.54. The minimum absolute atomic E-state index is 0.00314. The molecule has 0 radical (unpaired) electrons. The van der Waals surface area contributed by atoms with Crippen LogP contribution in [0, 0.1) is 0 Å². The van der Waals surface area contributed by atoms with Gasteiger partial charge < -0.3 is 14.2 Å². The minimum Gasteiger partial charge on any atom is -0.369 e. The van der Waals surface area contributed by atoms with Gasteiger partial charge in [-0.1, -0.05) is 12.1 Å². The molecule has 0 aromatic carbocycles. The van der Waals surface area contributed by atoms with E-state index in [0.29, 0.717) is 25.3 Å². The van der Waals surface area contributed by atoms with E-state index < -0.39 is 0 Å². The highest BCUT2D eigenvalue weighted by molar-refractivity contribution is 5.87. The molecule has 1 fully saturated rings. The monoisotopic (exact) mass is 268 g/mol. The fraction of sp³-hybridized carbons (Fsp3) is 0.750. The Labute approximate surface area is 112 Å². The number of hydrogen-bond donors (Lipinski definition) is 1. The number of aryl methyl sites for hydroxylation is 1. The third kappa shape index (κ3) is 3.44. The van der Waals surface area contributed by atoms with Gasteiger partial charge in [0.25, 0.3) is 0 Å². The molecule has 1 saturated heterocycles. The Hall–Kier alpha value is -1.63. The predicted molar refractivity (Wildman–Crippen MR) is 68.9 cm³/mol. The van der Waals surface area contributed by atoms with Crippen molar-refractivity contribution in [1.29, 1.82) is 0 Å². The Morgan fingerprint density at radius 1 is 1.58 bits per heavy atom. The van der Waals surface area contributed by atoms with E-state index in [4.69, 9.17) is 9.26 Å². The molecule has 1 atom stereocenters. The van der Waals surface area contributed by atoms with Crippen LogP contribution in [0.4, 0.5) is 10.8 Å². The molecule has 0 spiro atoms. The van der Waals surface area contributed by atoms with Gasteiger partial charge in [-0.05, 0) is 20.8 Å². The van der Waals surface area contributed by atoms with Gasteiger partial charge in [0, 0.05) is 13.0 Å². The third-order valence-corrected chi connectivity index (χ3v) is 2.85. The number of amides is 2. The molecule has 1 aliphatic rings. The summed E-state index contributed by atoms with van der Waals surface area (Å²) in [7, 11) is 0. The van der Waals surface area contributed by atoms with Gasteiger partial charge in [-0.2, -0.15) is 4.98 Å². The van der Waals surface area contributed by atoms with Crippen molar-refractivity contribution in [2.45, 2.75) is 45.8 Å². The van der Waals surface area contributed by atoms with E-state index in [0.717, 1.165) is 0 Å². The second-order valence-electron chi connectivity index (χ2n) is 5.37. The zero-order valence-electron chi connectivity index (χ0n) is 11.8. The number of anilines is 1. The van der Waals surface area contributed by atoms with Crippen molar-refractivity contribution in [3.8, 4) is 0 Å². The quantitative estimate of drug-likeness (QED) is 0.882. The summed E-state index contributed by atoms with van der Waals surface area (Å²) >= 11 is 0. The molecule has 2 rings (SSSR count). The van der Waals surface area contributed by atoms with E-state index >= 15 is 0 Å². The molecule has 7 nitrogen and oxygen atoms in total. The van der Waals surface area contributed by atoms with E-state index in [9.17, 15) is 4.79 Å². The number of nitrogens with zero attached hydrogens (tertiary/aromatic N) is 3. The lowest BCUT2D eigenvalue weighted by molar-refractivity contribution is -0.116. The molecule has 1 N–H and O–H groups in total. The first-order valence-electron chi connectivity index (χ1n) is 6.46. The Balaban J connectivity index is 1.99. The lowest BCUT2D eigenvalue weighted by atomic mass is 10.1. The van der Waals surface area contributed by atoms with E-state index in [1.807, 2.05) is 27.7 Å². The molecule has 106 valence electrons. The van der Waals surface area contributed by atoms with Crippen LogP contribution in [0.1, 0.15) is 33.5 Å². The number of hydrogen-bond acceptors (Lipinski definition) is 5. The van der Waals surface area contributed by atoms with Crippen LogP contribution in [-0.4, -0.2) is 45.9 Å². The fourth-order valence-corrected chi connectivity index (χ4v) is 2.23. The molecule has 0 aliphatic carbocycles. The standard InChI is InChI=1S/C12H20N4O3/c1-5-9-13-10(19-15-9)14-11(17)16-6-8(2)18-12(3,4)7-16/h8H,5-7H2,1-4H3,(H,13,14,15,17). The summed E-state index contributed by atoms with van der Waals surface area (Å²) in [5, 5.41) is 6.35. The first-order chi connectivity index (χ1) is 8.89. The van der Waals surface area contributed by atoms with Crippen LogP contribution in [0.5, 0.6) is 0 Å². The molecular weight excluding hydrogens is 248 g/mol. The summed E-state index contributed by atoms with van der Waals surface area (Å²) in [5.74, 6) is 0.575. The molecule has 0 saturated carbocycles. The second kappa shape index (κ2) is 5.16. The molecule has 19 heavy (non-hydrogen) atoms. The predicted octanol–water partition coefficient (Wildman–Crippen LogP) is 1.66. The fourth-order valence-electron chi connectivity index (χ4n) is 2.23. The number of carbonyl (C=O) groups excluding carboxylic acids is 1. The lowest BCUT2D eigenvalue weighted by Gasteiger charge is -2.41. The second-order valence-corrected chi connectivity index (χ2v) is 5.37. The van der Waals surface area contributed by atoms with Crippen molar-refractivity contribution in [3.63, 3.8) is 0 Å². The van der Waals surface area contributed by atoms with Gasteiger partial charge in [-0.25, -0.2) is 4.79 Å². The number of rotatable bonds is 2. The summed E-state index contributed by atoms with van der Waals surface area (Å²) in [6.07, 6.45) is 0.671. The van der Waals surface area contributed by atoms with Crippen molar-refractivity contribution < 1.29 is 14.1 Å². The Kier molecular flexibility index (Phi) is 3.75. The molecule has 2 heterocycles. The van der Waals surface area contributed by atoms with E-state index in [-0.39, 0.29) is 23.8 Å². The topological polar surface area (TPSA) is 80.5 Å². The zero-order valence-corrected chi connectivity index (χ0v) is 11.8. The molecule has 7 heteroatoms. The van der Waals surface area contributed by atoms with Crippen LogP contribution in [0.3, 0.4) is 0 Å². The van der Waals surface area contributed by atoms with Gasteiger partial charge in [0.05, 0.1) is 18.2 Å². The largest absolute Gasteiger partial charge is 0.369 e. The Morgan fingerprint density at radius 3 is 2.89 bits per heavy atom. The Bertz CT molecular complexity index is 458. The van der Waals surface area contributed by atoms with E-state index in [1.54, 1.807) is 4.90 Å². The van der Waals surface area contributed by atoms with Crippen molar-refractivity contribution in [3.05, 3.63) is 5.82 Å². The highest BCUT2D eigenvalue weighted by atomic mass is 16.5. The number of aromatic nitrogens is 2. The van der Waals surface area contributed by atoms with E-state index in [2.05, 4.69) is 15.5 Å². The molecular formula is C12H20N4O3. The maximum atomic E-state index is 12.1. The van der Waals surface area contributed by atoms with Gasteiger partial charge in [-0.15, -0.1) is 0 Å². The maximum absolute atomic E-state index is 12.1. The summed E-state index contributed by atoms with van der Waals surface area (Å²) < 4.78 is 10.7. The van der Waals surface area contributed by atoms with Gasteiger partial charge in [0.2, 0.25) is 0 Å². The van der Waals surface area contributed by atoms with Crippen LogP contribution < -0.4 is 5.32 Å². The normalized spacial score (nSPS) is 22.3. The molecule has 1 aliphatic heterocycles. The average Bonchev–Trinajstić information content (AvgIpc) is 2.74. The maximum Gasteiger partial charge on any atom is 0.329 e. The van der Waals surface area contributed by atoms with Crippen LogP contribution in [0.15, 0.2) is 4.52 Å². The molecule has 1 aromatic heterocycles. The highest BCUT2D eigenvalue weighted by Crippen LogP contribution is 2.21. The van der Waals surface area contributed by atoms with Crippen LogP contribution in [-0.2, 0) is 11.2 Å². The number of morpholine rings is 1. The zero-order chi connectivity index (χ0) is 14.0. The van der Waals surface area contributed by atoms with Gasteiger partial charge in [0.15, 0.2) is 5.82 Å². The summed E-state index contributed by atoms with van der Waals surface area (Å²) in [4.78, 5) is 17.9. The van der Waals surface area contributed by atoms with Crippen molar-refractivity contribution in [2.24, 2.45) is 0 Å². The summed E-state index contributed by atoms with van der Waals surface area (Å²) in [5.41, 5.74) is -0.349. The highest BCUT2D eigenvalue weighted by Gasteiger charge is 2.34. The van der Waals surface area contributed by atoms with Crippen LogP contribution in [0.2, 0.25) is 0 Å². The van der Waals surface area contributed by atoms with Crippen LogP contribution in [0.25, 0.3) is 0 Å². The molecule has 1 unspecified atom stereocenters. The molecule has 0 bridgehead atoms. The number of urea groups is 1.